The first kappa shape index (κ1) is 19.7. The number of hydrogen-bond donors (Lipinski definition) is 2. The van der Waals surface area contributed by atoms with E-state index in [0.29, 0.717) is 36.0 Å². The van der Waals surface area contributed by atoms with Crippen LogP contribution in [0.1, 0.15) is 24.9 Å². The number of nitrogens with zero attached hydrogens (tertiary/aromatic N) is 2. The molecule has 0 aliphatic carbocycles. The number of rotatable bonds is 3. The van der Waals surface area contributed by atoms with Gasteiger partial charge in [0.15, 0.2) is 11.5 Å². The first-order valence-corrected chi connectivity index (χ1v) is 11.0. The van der Waals surface area contributed by atoms with Gasteiger partial charge in [-0.25, -0.2) is 0 Å². The fourth-order valence-electron chi connectivity index (χ4n) is 4.92. The summed E-state index contributed by atoms with van der Waals surface area (Å²) in [4.78, 5) is 20.2. The minimum atomic E-state index is -0.356. The van der Waals surface area contributed by atoms with Crippen molar-refractivity contribution in [3.63, 3.8) is 0 Å². The number of amides is 1. The van der Waals surface area contributed by atoms with E-state index in [2.05, 4.69) is 22.1 Å². The molecule has 0 fully saturated rings. The molecule has 0 aromatic heterocycles. The number of benzene rings is 3. The largest absolute Gasteiger partial charge is 0.511 e. The van der Waals surface area contributed by atoms with Crippen LogP contribution in [0.15, 0.2) is 77.0 Å². The summed E-state index contributed by atoms with van der Waals surface area (Å²) in [5.41, 5.74) is 1.93. The highest BCUT2D eigenvalue weighted by molar-refractivity contribution is 6.26. The normalized spacial score (nSPS) is 21.2. The van der Waals surface area contributed by atoms with Gasteiger partial charge in [-0.15, -0.1) is 0 Å². The lowest BCUT2D eigenvalue weighted by molar-refractivity contribution is -0.112. The van der Waals surface area contributed by atoms with Crippen LogP contribution in [0.5, 0.6) is 11.5 Å². The molecule has 7 heteroatoms. The van der Waals surface area contributed by atoms with Gasteiger partial charge in [-0.05, 0) is 36.1 Å². The molecule has 0 bridgehead atoms. The van der Waals surface area contributed by atoms with Gasteiger partial charge in [-0.3, -0.25) is 9.79 Å². The van der Waals surface area contributed by atoms with E-state index in [1.165, 1.54) is 0 Å². The molecule has 1 amide bonds. The van der Waals surface area contributed by atoms with Crippen molar-refractivity contribution in [3.8, 4) is 11.5 Å². The van der Waals surface area contributed by atoms with E-state index in [-0.39, 0.29) is 36.1 Å². The van der Waals surface area contributed by atoms with Gasteiger partial charge in [0.25, 0.3) is 5.91 Å². The van der Waals surface area contributed by atoms with Crippen molar-refractivity contribution in [1.29, 1.82) is 0 Å². The molecule has 3 aliphatic heterocycles. The molecule has 0 spiro atoms. The second kappa shape index (κ2) is 7.55. The number of carbonyl (C=O) groups excluding carboxylic acids is 1. The van der Waals surface area contributed by atoms with Crippen LogP contribution in [-0.4, -0.2) is 41.1 Å². The average Bonchev–Trinajstić information content (AvgIpc) is 3.45. The molecule has 33 heavy (non-hydrogen) atoms. The average molecular weight is 441 g/mol. The van der Waals surface area contributed by atoms with Crippen LogP contribution >= 0.6 is 0 Å². The molecule has 6 rings (SSSR count). The summed E-state index contributed by atoms with van der Waals surface area (Å²) in [5, 5.41) is 16.0. The number of nitrogens with one attached hydrogen (secondary N) is 1. The fourth-order valence-corrected chi connectivity index (χ4v) is 4.92. The number of fused-ring (bicyclic) bond motifs is 3. The number of anilines is 1. The van der Waals surface area contributed by atoms with Crippen LogP contribution in [0, 0.1) is 0 Å². The Hall–Kier alpha value is -4.00. The van der Waals surface area contributed by atoms with Crippen LogP contribution < -0.4 is 14.8 Å². The van der Waals surface area contributed by atoms with Crippen molar-refractivity contribution < 1.29 is 19.4 Å². The molecule has 7 nitrogen and oxygen atoms in total. The van der Waals surface area contributed by atoms with Crippen molar-refractivity contribution in [3.05, 3.63) is 77.6 Å². The predicted molar refractivity (Wildman–Crippen MR) is 126 cm³/mol. The van der Waals surface area contributed by atoms with Crippen molar-refractivity contribution in [2.75, 3.05) is 18.7 Å². The van der Waals surface area contributed by atoms with Gasteiger partial charge in [-0.1, -0.05) is 42.5 Å². The minimum absolute atomic E-state index is 0.0412. The first-order chi connectivity index (χ1) is 16.1. The maximum atomic E-state index is 13.4. The highest BCUT2D eigenvalue weighted by atomic mass is 16.7. The number of amidine groups is 1. The Balaban J connectivity index is 1.35. The summed E-state index contributed by atoms with van der Waals surface area (Å²) < 4.78 is 11.0. The van der Waals surface area contributed by atoms with E-state index in [1.807, 2.05) is 60.7 Å². The summed E-state index contributed by atoms with van der Waals surface area (Å²) in [5.74, 6) is 1.63. The number of hydrogen-bond acceptors (Lipinski definition) is 6. The molecule has 2 atom stereocenters. The van der Waals surface area contributed by atoms with E-state index < -0.39 is 0 Å². The zero-order valence-electron chi connectivity index (χ0n) is 18.1. The zero-order chi connectivity index (χ0) is 22.5. The quantitative estimate of drug-likeness (QED) is 0.622. The Bertz CT molecular complexity index is 1340. The summed E-state index contributed by atoms with van der Waals surface area (Å²) in [6, 6.07) is 19.4. The summed E-state index contributed by atoms with van der Waals surface area (Å²) in [6.45, 7) is 2.85. The topological polar surface area (TPSA) is 83.4 Å². The molecule has 2 N–H and O–H groups in total. The number of aliphatic hydroxyl groups is 1. The highest BCUT2D eigenvalue weighted by Crippen LogP contribution is 2.42. The monoisotopic (exact) mass is 441 g/mol. The second-order valence-corrected chi connectivity index (χ2v) is 8.56. The van der Waals surface area contributed by atoms with Crippen LogP contribution in [0.25, 0.3) is 10.8 Å². The summed E-state index contributed by atoms with van der Waals surface area (Å²) in [7, 11) is 0. The third kappa shape index (κ3) is 3.19. The molecule has 3 aliphatic rings. The lowest BCUT2D eigenvalue weighted by atomic mass is 9.92. The van der Waals surface area contributed by atoms with Crippen LogP contribution in [0.2, 0.25) is 0 Å². The molecular weight excluding hydrogens is 418 g/mol. The van der Waals surface area contributed by atoms with Crippen LogP contribution in [-0.2, 0) is 4.79 Å². The van der Waals surface area contributed by atoms with Crippen molar-refractivity contribution >= 4 is 28.2 Å². The summed E-state index contributed by atoms with van der Waals surface area (Å²) in [6.07, 6.45) is 0.307. The maximum absolute atomic E-state index is 13.4. The van der Waals surface area contributed by atoms with Gasteiger partial charge in [0.1, 0.15) is 17.2 Å². The van der Waals surface area contributed by atoms with Gasteiger partial charge in [0, 0.05) is 23.5 Å². The van der Waals surface area contributed by atoms with E-state index in [1.54, 1.807) is 0 Å². The van der Waals surface area contributed by atoms with E-state index in [9.17, 15) is 9.90 Å². The van der Waals surface area contributed by atoms with E-state index in [0.717, 1.165) is 16.3 Å². The maximum Gasteiger partial charge on any atom is 0.262 e. The molecule has 0 saturated heterocycles. The smallest absolute Gasteiger partial charge is 0.262 e. The minimum Gasteiger partial charge on any atom is -0.511 e. The third-order valence-electron chi connectivity index (χ3n) is 6.51. The SMILES string of the molecule is CC1CN=C2C(C(=O)Nc3cccc4ccccc34)=C(O)CC(c3ccc4c(c3)OCO4)N21. The van der Waals surface area contributed by atoms with Gasteiger partial charge in [0.05, 0.1) is 12.6 Å². The first-order valence-electron chi connectivity index (χ1n) is 11.0. The predicted octanol–water partition coefficient (Wildman–Crippen LogP) is 4.57. The Morgan fingerprint density at radius 3 is 2.82 bits per heavy atom. The summed E-state index contributed by atoms with van der Waals surface area (Å²) >= 11 is 0. The van der Waals surface area contributed by atoms with Crippen LogP contribution in [0.4, 0.5) is 5.69 Å². The highest BCUT2D eigenvalue weighted by Gasteiger charge is 2.42. The van der Waals surface area contributed by atoms with E-state index >= 15 is 0 Å². The zero-order valence-corrected chi connectivity index (χ0v) is 18.1. The number of ether oxygens (including phenoxy) is 2. The van der Waals surface area contributed by atoms with Gasteiger partial charge >= 0.3 is 0 Å². The van der Waals surface area contributed by atoms with Gasteiger partial charge in [-0.2, -0.15) is 0 Å². The third-order valence-corrected chi connectivity index (χ3v) is 6.51. The van der Waals surface area contributed by atoms with E-state index in [4.69, 9.17) is 9.47 Å². The molecule has 3 aromatic carbocycles. The molecule has 0 radical (unpaired) electrons. The van der Waals surface area contributed by atoms with Crippen molar-refractivity contribution in [1.82, 2.24) is 4.90 Å². The number of aliphatic imine (C=N–C) groups is 1. The molecule has 0 saturated carbocycles. The fraction of sp³-hybridized carbons (Fsp3) is 0.231. The standard InChI is InChI=1S/C26H23N3O4/c1-15-13-27-25-24(26(31)28-19-8-4-6-16-5-2-3-7-18(16)19)21(30)12-20(29(15)25)17-9-10-22-23(11-17)33-14-32-22/h2-11,15,20,30H,12-14H2,1H3,(H,28,31). The number of carbonyl (C=O) groups is 1. The van der Waals surface area contributed by atoms with Crippen LogP contribution in [0.3, 0.4) is 0 Å². The Kier molecular flexibility index (Phi) is 4.50. The second-order valence-electron chi connectivity index (χ2n) is 8.56. The van der Waals surface area contributed by atoms with Gasteiger partial charge < -0.3 is 24.8 Å². The van der Waals surface area contributed by atoms with Crippen molar-refractivity contribution in [2.45, 2.75) is 25.4 Å². The Labute approximate surface area is 191 Å². The molecule has 3 aromatic rings. The Morgan fingerprint density at radius 1 is 1.09 bits per heavy atom. The molecule has 2 unspecified atom stereocenters. The Morgan fingerprint density at radius 2 is 1.91 bits per heavy atom. The van der Waals surface area contributed by atoms with Crippen molar-refractivity contribution in [2.24, 2.45) is 4.99 Å². The lowest BCUT2D eigenvalue weighted by Crippen LogP contribution is -2.44. The molecule has 166 valence electrons. The lowest BCUT2D eigenvalue weighted by Gasteiger charge is -2.38. The van der Waals surface area contributed by atoms with Gasteiger partial charge in [0.2, 0.25) is 6.79 Å². The molecule has 3 heterocycles. The molecular formula is C26H23N3O4. The number of aliphatic hydroxyl groups excluding tert-OH is 1.